The lowest BCUT2D eigenvalue weighted by molar-refractivity contribution is -0.140. The van der Waals surface area contributed by atoms with Crippen LogP contribution in [0.5, 0.6) is 0 Å². The van der Waals surface area contributed by atoms with Crippen LogP contribution < -0.4 is 16.0 Å². The summed E-state index contributed by atoms with van der Waals surface area (Å²) >= 11 is 5.79. The molecule has 0 fully saturated rings. The van der Waals surface area contributed by atoms with Crippen LogP contribution in [0.4, 0.5) is 14.6 Å². The van der Waals surface area contributed by atoms with Crippen LogP contribution in [0.1, 0.15) is 43.2 Å². The smallest absolute Gasteiger partial charge is 0.307 e. The van der Waals surface area contributed by atoms with Crippen LogP contribution in [0.25, 0.3) is 0 Å². The predicted molar refractivity (Wildman–Crippen MR) is 124 cm³/mol. The monoisotopic (exact) mass is 519 g/mol. The standard InChI is InChI=1S/C23H20ClF2N5O5/c1-36-20(32)6-7-27-21(33)13-4-2-12(3-5-13)11-28-23(35)18-10-19(31-30-18)29-22(34)14-8-16(25)17(26)9-15(14)24/h2-5,8-10H,6-7,11H2,1H3,(H,27,33)(H,28,35)(H2,29,30,31,34). The van der Waals surface area contributed by atoms with Crippen molar-refractivity contribution in [1.29, 1.82) is 0 Å². The van der Waals surface area contributed by atoms with Crippen molar-refractivity contribution in [2.24, 2.45) is 0 Å². The zero-order valence-corrected chi connectivity index (χ0v) is 19.5. The number of nitrogens with one attached hydrogen (secondary N) is 4. The maximum absolute atomic E-state index is 13.4. The summed E-state index contributed by atoms with van der Waals surface area (Å²) in [5, 5.41) is 13.6. The number of benzene rings is 2. The number of hydrogen-bond acceptors (Lipinski definition) is 6. The van der Waals surface area contributed by atoms with E-state index >= 15 is 0 Å². The lowest BCUT2D eigenvalue weighted by Crippen LogP contribution is -2.26. The van der Waals surface area contributed by atoms with Crippen LogP contribution in [-0.4, -0.2) is 47.5 Å². The van der Waals surface area contributed by atoms with Gasteiger partial charge in [0.2, 0.25) is 0 Å². The van der Waals surface area contributed by atoms with Crippen LogP contribution in [0.15, 0.2) is 42.5 Å². The summed E-state index contributed by atoms with van der Waals surface area (Å²) in [6.45, 7) is 0.269. The van der Waals surface area contributed by atoms with E-state index in [-0.39, 0.29) is 47.5 Å². The zero-order chi connectivity index (χ0) is 26.2. The number of methoxy groups -OCH3 is 1. The third-order valence-electron chi connectivity index (χ3n) is 4.82. The molecule has 0 aliphatic heterocycles. The molecular weight excluding hydrogens is 500 g/mol. The molecule has 0 unspecified atom stereocenters. The molecule has 13 heteroatoms. The summed E-state index contributed by atoms with van der Waals surface area (Å²) in [7, 11) is 1.26. The Morgan fingerprint density at radius 1 is 0.972 bits per heavy atom. The number of ether oxygens (including phenoxy) is 1. The first-order chi connectivity index (χ1) is 17.2. The molecule has 3 aromatic rings. The molecule has 0 aliphatic rings. The van der Waals surface area contributed by atoms with Gasteiger partial charge in [0.25, 0.3) is 17.7 Å². The SMILES string of the molecule is COC(=O)CCNC(=O)c1ccc(CNC(=O)c2cc(NC(=O)c3cc(F)c(F)cc3Cl)[nH]n2)cc1. The van der Waals surface area contributed by atoms with Gasteiger partial charge in [-0.2, -0.15) is 5.10 Å². The van der Waals surface area contributed by atoms with Crippen molar-refractivity contribution in [2.75, 3.05) is 19.0 Å². The van der Waals surface area contributed by atoms with E-state index in [2.05, 4.69) is 30.9 Å². The van der Waals surface area contributed by atoms with Crippen molar-refractivity contribution >= 4 is 41.1 Å². The van der Waals surface area contributed by atoms with E-state index < -0.39 is 29.4 Å². The summed E-state index contributed by atoms with van der Waals surface area (Å²) in [5.41, 5.74) is 0.746. The van der Waals surface area contributed by atoms with Gasteiger partial charge in [-0.3, -0.25) is 24.3 Å². The number of anilines is 1. The number of hydrogen-bond donors (Lipinski definition) is 4. The molecular formula is C23H20ClF2N5O5. The number of nitrogens with zero attached hydrogens (tertiary/aromatic N) is 1. The summed E-state index contributed by atoms with van der Waals surface area (Å²) in [6.07, 6.45) is 0.0590. The van der Waals surface area contributed by atoms with Gasteiger partial charge in [0.15, 0.2) is 17.3 Å². The van der Waals surface area contributed by atoms with Crippen molar-refractivity contribution in [2.45, 2.75) is 13.0 Å². The zero-order valence-electron chi connectivity index (χ0n) is 18.8. The minimum Gasteiger partial charge on any atom is -0.469 e. The quantitative estimate of drug-likeness (QED) is 0.253. The average molecular weight is 520 g/mol. The maximum Gasteiger partial charge on any atom is 0.307 e. The molecule has 0 spiro atoms. The lowest BCUT2D eigenvalue weighted by Gasteiger charge is -2.07. The molecule has 0 atom stereocenters. The van der Waals surface area contributed by atoms with E-state index in [4.69, 9.17) is 11.6 Å². The number of carbonyl (C=O) groups is 4. The van der Waals surface area contributed by atoms with Gasteiger partial charge in [-0.25, -0.2) is 8.78 Å². The van der Waals surface area contributed by atoms with E-state index in [9.17, 15) is 28.0 Å². The molecule has 1 heterocycles. The number of amides is 3. The van der Waals surface area contributed by atoms with Gasteiger partial charge in [-0.15, -0.1) is 0 Å². The highest BCUT2D eigenvalue weighted by atomic mass is 35.5. The molecule has 36 heavy (non-hydrogen) atoms. The summed E-state index contributed by atoms with van der Waals surface area (Å²) in [6, 6.07) is 9.04. The van der Waals surface area contributed by atoms with E-state index in [1.165, 1.54) is 13.2 Å². The topological polar surface area (TPSA) is 142 Å². The van der Waals surface area contributed by atoms with Crippen molar-refractivity contribution in [3.63, 3.8) is 0 Å². The molecule has 0 saturated heterocycles. The van der Waals surface area contributed by atoms with Gasteiger partial charge in [0.1, 0.15) is 5.82 Å². The number of rotatable bonds is 9. The second-order valence-corrected chi connectivity index (χ2v) is 7.74. The van der Waals surface area contributed by atoms with Crippen molar-refractivity contribution in [3.05, 3.63) is 81.5 Å². The Kier molecular flexibility index (Phi) is 8.68. The minimum atomic E-state index is -1.23. The van der Waals surface area contributed by atoms with Crippen LogP contribution in [0.2, 0.25) is 5.02 Å². The highest BCUT2D eigenvalue weighted by molar-refractivity contribution is 6.34. The molecule has 188 valence electrons. The van der Waals surface area contributed by atoms with Crippen LogP contribution in [0.3, 0.4) is 0 Å². The average Bonchev–Trinajstić information content (AvgIpc) is 3.33. The van der Waals surface area contributed by atoms with E-state index in [0.29, 0.717) is 23.3 Å². The summed E-state index contributed by atoms with van der Waals surface area (Å²) < 4.78 is 31.1. The number of esters is 1. The van der Waals surface area contributed by atoms with Crippen molar-refractivity contribution < 1.29 is 32.7 Å². The van der Waals surface area contributed by atoms with Crippen molar-refractivity contribution in [3.8, 4) is 0 Å². The molecule has 4 N–H and O–H groups in total. The molecule has 3 amide bonds. The lowest BCUT2D eigenvalue weighted by atomic mass is 10.1. The highest BCUT2D eigenvalue weighted by Gasteiger charge is 2.17. The normalized spacial score (nSPS) is 10.4. The first-order valence-electron chi connectivity index (χ1n) is 10.4. The van der Waals surface area contributed by atoms with Gasteiger partial charge in [-0.05, 0) is 29.8 Å². The summed E-state index contributed by atoms with van der Waals surface area (Å²) in [5.74, 6) is -4.56. The number of aromatic nitrogens is 2. The first-order valence-corrected chi connectivity index (χ1v) is 10.8. The third-order valence-corrected chi connectivity index (χ3v) is 5.14. The molecule has 0 aliphatic carbocycles. The Morgan fingerprint density at radius 2 is 1.67 bits per heavy atom. The Labute approximate surface area is 208 Å². The Balaban J connectivity index is 1.51. The number of halogens is 3. The molecule has 3 rings (SSSR count). The fourth-order valence-corrected chi connectivity index (χ4v) is 3.15. The van der Waals surface area contributed by atoms with Gasteiger partial charge in [0, 0.05) is 24.7 Å². The third kappa shape index (κ3) is 6.85. The van der Waals surface area contributed by atoms with Crippen LogP contribution in [-0.2, 0) is 16.1 Å². The molecule has 0 saturated carbocycles. The highest BCUT2D eigenvalue weighted by Crippen LogP contribution is 2.21. The molecule has 0 radical (unpaired) electrons. The number of H-pyrrole nitrogens is 1. The maximum atomic E-state index is 13.4. The Hall–Kier alpha value is -4.32. The van der Waals surface area contributed by atoms with Gasteiger partial charge < -0.3 is 20.7 Å². The van der Waals surface area contributed by atoms with E-state index in [1.807, 2.05) is 0 Å². The fraction of sp³-hybridized carbons (Fsp3) is 0.174. The van der Waals surface area contributed by atoms with Crippen LogP contribution >= 0.6 is 11.6 Å². The van der Waals surface area contributed by atoms with Gasteiger partial charge in [-0.1, -0.05) is 23.7 Å². The van der Waals surface area contributed by atoms with Gasteiger partial charge >= 0.3 is 5.97 Å². The second-order valence-electron chi connectivity index (χ2n) is 7.33. The van der Waals surface area contributed by atoms with E-state index in [1.54, 1.807) is 24.3 Å². The summed E-state index contributed by atoms with van der Waals surface area (Å²) in [4.78, 5) is 47.8. The fourth-order valence-electron chi connectivity index (χ4n) is 2.92. The van der Waals surface area contributed by atoms with Crippen LogP contribution in [0, 0.1) is 11.6 Å². The Morgan fingerprint density at radius 3 is 2.36 bits per heavy atom. The molecule has 10 nitrogen and oxygen atoms in total. The van der Waals surface area contributed by atoms with Crippen molar-refractivity contribution in [1.82, 2.24) is 20.8 Å². The molecule has 2 aromatic carbocycles. The number of carbonyl (C=O) groups excluding carboxylic acids is 4. The number of aromatic amines is 1. The first kappa shape index (κ1) is 26.3. The molecule has 1 aromatic heterocycles. The largest absolute Gasteiger partial charge is 0.469 e. The molecule has 0 bridgehead atoms. The van der Waals surface area contributed by atoms with E-state index in [0.717, 1.165) is 0 Å². The Bertz CT molecular complexity index is 1300. The van der Waals surface area contributed by atoms with Gasteiger partial charge in [0.05, 0.1) is 24.1 Å². The minimum absolute atomic E-state index is 0.0357. The predicted octanol–water partition coefficient (Wildman–Crippen LogP) is 2.82. The second kappa shape index (κ2) is 11.9.